The molecule has 30 atom stereocenters. The number of esters is 6. The van der Waals surface area contributed by atoms with Crippen LogP contribution in [-0.2, 0) is 66.8 Å². The predicted octanol–water partition coefficient (Wildman–Crippen LogP) is 9.74. The number of aliphatic hydroxyl groups excluding tert-OH is 6. The van der Waals surface area contributed by atoms with E-state index in [1.165, 1.54) is 22.3 Å². The fourth-order valence-electron chi connectivity index (χ4n) is 19.7. The second-order valence-electron chi connectivity index (χ2n) is 39.1. The number of aliphatic carboxylic acids is 2. The molecule has 0 amide bonds. The molecule has 0 saturated carbocycles. The Bertz CT molecular complexity index is 3670. The molecule has 0 radical (unpaired) electrons. The number of hydrogen-bond acceptors (Lipinski definition) is 22. The van der Waals surface area contributed by atoms with E-state index in [9.17, 15) is 74.1 Å². The van der Waals surface area contributed by atoms with Gasteiger partial charge >= 0.3 is 145 Å². The third-order valence-electron chi connectivity index (χ3n) is 28.0. The quantitative estimate of drug-likeness (QED) is 0.0187. The van der Waals surface area contributed by atoms with E-state index in [0.29, 0.717) is 92.3 Å². The molecule has 0 spiro atoms. The van der Waals surface area contributed by atoms with Gasteiger partial charge in [0, 0.05) is 48.9 Å². The standard InChI is InChI=1S/C25H40O6.C25H38O5.C24H38O6.C24H36O5.CH4.2K.H2O/c1-6-25(4,5)24(30)31-21-12-15(2)11-17-8-7-16(3)20(23(17)21)10-9-18(26)13-19(27)14-22(28)29;1-6-25(4,5)24(28)30-21-12-15(2)11-17-8-7-16(3)20(23(17)21)10-9-19-13-18(26)14-22(27)29-19;1-5-15(3)24(29)30-21-11-14(2)10-17-7-6-16(4)20(23(17)21)9-8-18(25)12-19(26)13-22(27)28;1-5-15(3)24(27)29-21-11-14(2)10-17-7-6-16(4)20(23(17)21)9-8-19-12-18(25)13-22(26)28-19;;;;/h7-8,11,15-16,18-21,23,26-27H,6,9-10,12-14H2,1-5H3,(H,28,29);7-8,11,15-16,18-21,23,26H,6,9-10,12-14H2,1-5H3;6-7,10,14-16,18-21,23,25-26H,5,8-9,11-13H2,1-4H3,(H,27,28);6-7,10,14-16,18-21,23,25H,5,8-9,11-13H2,1-4H3;1H4;;;1H2/q;;;;;2*+1;/p-2. The van der Waals surface area contributed by atoms with E-state index in [4.69, 9.17) is 33.5 Å². The van der Waals surface area contributed by atoms with E-state index >= 15 is 0 Å². The van der Waals surface area contributed by atoms with Crippen molar-refractivity contribution in [2.75, 3.05) is 0 Å². The van der Waals surface area contributed by atoms with Crippen LogP contribution in [0, 0.1) is 117 Å². The number of fused-ring (bicyclic) bond motifs is 4. The number of aliphatic hydroxyl groups is 6. The largest absolute Gasteiger partial charge is 1.00 e. The van der Waals surface area contributed by atoms with E-state index in [-0.39, 0.29) is 279 Å². The third-order valence-corrected chi connectivity index (χ3v) is 28.0. The Morgan fingerprint density at radius 3 is 1.00 bits per heavy atom. The Labute approximate surface area is 827 Å². The second kappa shape index (κ2) is 54.0. The number of hydrogen-bond donors (Lipinski definition) is 7. The van der Waals surface area contributed by atoms with E-state index < -0.39 is 65.8 Å². The molecule has 25 heteroatoms. The van der Waals surface area contributed by atoms with Crippen molar-refractivity contribution in [3.63, 3.8) is 0 Å². The molecule has 10 aliphatic rings. The number of allylic oxidation sites excluding steroid dienone is 12. The van der Waals surface area contributed by atoms with Crippen LogP contribution in [-0.4, -0.2) is 162 Å². The number of cyclic esters (lactones) is 2. The molecule has 8 aliphatic carbocycles. The van der Waals surface area contributed by atoms with Gasteiger partial charge < -0.3 is 79.5 Å². The van der Waals surface area contributed by atoms with Crippen molar-refractivity contribution in [3.05, 3.63) is 95.2 Å². The van der Waals surface area contributed by atoms with Gasteiger partial charge in [0.1, 0.15) is 36.6 Å². The maximum atomic E-state index is 12.9. The first kappa shape index (κ1) is 115. The molecule has 10 rings (SSSR count). The Morgan fingerprint density at radius 2 is 0.734 bits per heavy atom. The topological polar surface area (TPSA) is 387 Å². The average molecular weight is 1790 g/mol. The van der Waals surface area contributed by atoms with Gasteiger partial charge in [-0.05, 0) is 237 Å². The molecule has 2 fully saturated rings. The van der Waals surface area contributed by atoms with E-state index in [2.05, 4.69) is 128 Å². The van der Waals surface area contributed by atoms with Crippen LogP contribution >= 0.6 is 0 Å². The minimum atomic E-state index is -1.32. The SMILES string of the molecule is C.CCC(C)(C)C(=O)OC1CC(C)C=C2C=CC(C)C(CCC(O)CC(O)CC(=O)O)C21.CCC(C)(C)C(=O)OC1CC(C)C=C2C=CC(C)C(CCC3CC(O)CC(=O)O3)C21.CCC(C)C(=O)OC1CC(C)C=C2C=CC(C)C(CCC(O)CC(O)CC(=O)[O-])C21.CCC(C)C(=O)OC1CC(C)C=C2C=CC(C)C(CCC3CC(O)CC(=O)O3)C21.[K+].[K+].[OH-]. The van der Waals surface area contributed by atoms with Gasteiger partial charge in [0.25, 0.3) is 0 Å². The summed E-state index contributed by atoms with van der Waals surface area (Å²) in [5.41, 5.74) is 3.94. The van der Waals surface area contributed by atoms with Crippen LogP contribution in [0.25, 0.3) is 0 Å². The van der Waals surface area contributed by atoms with Crippen molar-refractivity contribution in [1.29, 1.82) is 0 Å². The summed E-state index contributed by atoms with van der Waals surface area (Å²) in [6.07, 6.45) is 33.0. The van der Waals surface area contributed by atoms with Crippen molar-refractivity contribution in [2.24, 2.45) is 117 Å². The Morgan fingerprint density at radius 1 is 0.452 bits per heavy atom. The molecular formula is C99H156K2O23. The molecule has 2 saturated heterocycles. The first-order chi connectivity index (χ1) is 56.4. The Hall–Kier alpha value is -3.33. The molecule has 8 N–H and O–H groups in total. The Kier molecular flexibility index (Phi) is 50.0. The fourth-order valence-corrected chi connectivity index (χ4v) is 19.7. The summed E-state index contributed by atoms with van der Waals surface area (Å²) in [7, 11) is 0. The summed E-state index contributed by atoms with van der Waals surface area (Å²) in [5, 5.41) is 79.5. The zero-order valence-electron chi connectivity index (χ0n) is 77.9. The van der Waals surface area contributed by atoms with Crippen LogP contribution in [0.15, 0.2) is 95.2 Å². The number of ether oxygens (including phenoxy) is 6. The first-order valence-electron chi connectivity index (χ1n) is 45.8. The zero-order valence-corrected chi connectivity index (χ0v) is 84.2. The van der Waals surface area contributed by atoms with Gasteiger partial charge in [0.15, 0.2) is 0 Å². The first-order valence-corrected chi connectivity index (χ1v) is 45.8. The molecular weight excluding hydrogens is 1640 g/mol. The summed E-state index contributed by atoms with van der Waals surface area (Å²) in [5.74, 6) is 0.479. The molecule has 30 unspecified atom stereocenters. The van der Waals surface area contributed by atoms with Gasteiger partial charge in [0.05, 0.1) is 78.6 Å². The van der Waals surface area contributed by atoms with Gasteiger partial charge in [0.2, 0.25) is 0 Å². The summed E-state index contributed by atoms with van der Waals surface area (Å²) >= 11 is 0. The number of carboxylic acids is 2. The third kappa shape index (κ3) is 34.4. The van der Waals surface area contributed by atoms with Crippen LogP contribution in [0.3, 0.4) is 0 Å². The van der Waals surface area contributed by atoms with E-state index in [1.807, 2.05) is 69.2 Å². The maximum absolute atomic E-state index is 12.9. The molecule has 692 valence electrons. The van der Waals surface area contributed by atoms with Crippen molar-refractivity contribution < 1.29 is 216 Å². The van der Waals surface area contributed by atoms with Crippen molar-refractivity contribution >= 4 is 47.8 Å². The second-order valence-corrected chi connectivity index (χ2v) is 39.1. The monoisotopic (exact) mass is 1790 g/mol. The molecule has 0 aromatic rings. The minimum Gasteiger partial charge on any atom is -0.870 e. The summed E-state index contributed by atoms with van der Waals surface area (Å²) in [6, 6.07) is 0. The predicted molar refractivity (Wildman–Crippen MR) is 466 cm³/mol. The number of carbonyl (C=O) groups is 8. The average Bonchev–Trinajstić information content (AvgIpc) is 0.793. The van der Waals surface area contributed by atoms with Crippen LogP contribution < -0.4 is 108 Å². The minimum absolute atomic E-state index is 0. The smallest absolute Gasteiger partial charge is 0.870 e. The van der Waals surface area contributed by atoms with Crippen LogP contribution in [0.4, 0.5) is 0 Å². The molecule has 2 aliphatic heterocycles. The maximum Gasteiger partial charge on any atom is 1.00 e. The van der Waals surface area contributed by atoms with Gasteiger partial charge in [-0.25, -0.2) is 0 Å². The van der Waals surface area contributed by atoms with Crippen LogP contribution in [0.1, 0.15) is 286 Å². The molecule has 0 aromatic heterocycles. The van der Waals surface area contributed by atoms with E-state index in [0.717, 1.165) is 70.6 Å². The fraction of sp³-hybridized carbons (Fsp3) is 0.758. The van der Waals surface area contributed by atoms with Gasteiger partial charge in [-0.1, -0.05) is 177 Å². The summed E-state index contributed by atoms with van der Waals surface area (Å²) in [4.78, 5) is 95.5. The number of carbonyl (C=O) groups excluding carboxylic acids is 7. The molecule has 0 aromatic carbocycles. The van der Waals surface area contributed by atoms with Gasteiger partial charge in [-0.15, -0.1) is 0 Å². The van der Waals surface area contributed by atoms with Gasteiger partial charge in [-0.2, -0.15) is 0 Å². The molecule has 23 nitrogen and oxygen atoms in total. The van der Waals surface area contributed by atoms with Crippen molar-refractivity contribution in [3.8, 4) is 0 Å². The van der Waals surface area contributed by atoms with Crippen molar-refractivity contribution in [2.45, 2.75) is 359 Å². The summed E-state index contributed by atoms with van der Waals surface area (Å²) in [6.45, 7) is 36.9. The van der Waals surface area contributed by atoms with Gasteiger partial charge in [-0.3, -0.25) is 33.6 Å². The normalized spacial score (nSPS) is 32.8. The molecule has 2 heterocycles. The van der Waals surface area contributed by atoms with E-state index in [1.54, 1.807) is 0 Å². The summed E-state index contributed by atoms with van der Waals surface area (Å²) < 4.78 is 35.2. The van der Waals surface area contributed by atoms with Crippen LogP contribution in [0.5, 0.6) is 0 Å². The number of rotatable bonds is 32. The number of carboxylic acid groups (broad SMARTS) is 2. The molecule has 124 heavy (non-hydrogen) atoms. The Balaban J connectivity index is 0.000000422. The molecule has 0 bridgehead atoms. The van der Waals surface area contributed by atoms with Crippen LogP contribution in [0.2, 0.25) is 0 Å². The van der Waals surface area contributed by atoms with Crippen molar-refractivity contribution in [1.82, 2.24) is 0 Å². The zero-order chi connectivity index (χ0) is 88.9.